The molecule has 8 heteroatoms. The Hall–Kier alpha value is -4.30. The van der Waals surface area contributed by atoms with E-state index < -0.39 is 28.5 Å². The zero-order valence-electron chi connectivity index (χ0n) is 20.9. The standard InChI is InChI=1S/C30H28N2O5S/c1-22-12-14-24(15-13-22)30(23-8-4-2-5-9-23)31-29(33)21-32(38(34,35)26-10-6-3-7-11-26)25-16-17-27-28(20-25)37-19-18-36-27/h2-17,20,30H,18-19,21H2,1H3,(H,31,33)/t30-/m1/s1. The number of hydrogen-bond donors (Lipinski definition) is 1. The maximum atomic E-state index is 13.8. The van der Waals surface area contributed by atoms with E-state index in [1.165, 1.54) is 12.1 Å². The van der Waals surface area contributed by atoms with Crippen molar-refractivity contribution in [1.82, 2.24) is 5.32 Å². The Kier molecular flexibility index (Phi) is 7.33. The van der Waals surface area contributed by atoms with E-state index in [-0.39, 0.29) is 4.90 Å². The summed E-state index contributed by atoms with van der Waals surface area (Å²) < 4.78 is 39.9. The molecule has 0 unspecified atom stereocenters. The summed E-state index contributed by atoms with van der Waals surface area (Å²) in [5, 5.41) is 3.05. The Morgan fingerprint density at radius 2 is 1.42 bits per heavy atom. The molecule has 38 heavy (non-hydrogen) atoms. The van der Waals surface area contributed by atoms with Crippen molar-refractivity contribution < 1.29 is 22.7 Å². The highest BCUT2D eigenvalue weighted by molar-refractivity contribution is 7.92. The number of benzene rings is 4. The molecule has 0 aromatic heterocycles. The lowest BCUT2D eigenvalue weighted by Gasteiger charge is -2.27. The van der Waals surface area contributed by atoms with Gasteiger partial charge in [0.05, 0.1) is 16.6 Å². The number of hydrogen-bond acceptors (Lipinski definition) is 5. The Balaban J connectivity index is 1.49. The minimum absolute atomic E-state index is 0.0841. The van der Waals surface area contributed by atoms with Gasteiger partial charge in [-0.3, -0.25) is 9.10 Å². The van der Waals surface area contributed by atoms with Gasteiger partial charge in [-0.15, -0.1) is 0 Å². The van der Waals surface area contributed by atoms with Gasteiger partial charge in [0, 0.05) is 6.07 Å². The summed E-state index contributed by atoms with van der Waals surface area (Å²) >= 11 is 0. The number of ether oxygens (including phenoxy) is 2. The first kappa shape index (κ1) is 25.4. The van der Waals surface area contributed by atoms with Crippen molar-refractivity contribution in [3.05, 3.63) is 120 Å². The largest absolute Gasteiger partial charge is 0.486 e. The molecule has 0 aliphatic carbocycles. The summed E-state index contributed by atoms with van der Waals surface area (Å²) in [6.45, 7) is 2.35. The molecule has 5 rings (SSSR count). The zero-order valence-corrected chi connectivity index (χ0v) is 21.7. The molecular formula is C30H28N2O5S. The number of sulfonamides is 1. The minimum Gasteiger partial charge on any atom is -0.486 e. The second kappa shape index (κ2) is 11.0. The molecule has 1 atom stereocenters. The number of aryl methyl sites for hydroxylation is 1. The summed E-state index contributed by atoms with van der Waals surface area (Å²) in [4.78, 5) is 13.6. The molecule has 0 bridgehead atoms. The van der Waals surface area contributed by atoms with Gasteiger partial charge in [-0.2, -0.15) is 0 Å². The minimum atomic E-state index is -4.07. The van der Waals surface area contributed by atoms with Gasteiger partial charge in [0.25, 0.3) is 10.0 Å². The van der Waals surface area contributed by atoms with Gasteiger partial charge in [0.1, 0.15) is 19.8 Å². The third-order valence-corrected chi connectivity index (χ3v) is 8.07. The van der Waals surface area contributed by atoms with Crippen LogP contribution in [0.15, 0.2) is 108 Å². The molecule has 7 nitrogen and oxygen atoms in total. The van der Waals surface area contributed by atoms with Crippen LogP contribution in [0.4, 0.5) is 5.69 Å². The van der Waals surface area contributed by atoms with Crippen molar-refractivity contribution in [1.29, 1.82) is 0 Å². The molecule has 1 N–H and O–H groups in total. The van der Waals surface area contributed by atoms with Gasteiger partial charge in [-0.05, 0) is 42.3 Å². The molecule has 4 aromatic rings. The molecule has 1 heterocycles. The van der Waals surface area contributed by atoms with Gasteiger partial charge >= 0.3 is 0 Å². The van der Waals surface area contributed by atoms with Crippen LogP contribution >= 0.6 is 0 Å². The third kappa shape index (κ3) is 5.50. The molecule has 0 radical (unpaired) electrons. The molecule has 0 fully saturated rings. The average molecular weight is 529 g/mol. The van der Waals surface area contributed by atoms with Crippen molar-refractivity contribution in [2.45, 2.75) is 17.9 Å². The molecular weight excluding hydrogens is 500 g/mol. The average Bonchev–Trinajstić information content (AvgIpc) is 2.96. The van der Waals surface area contributed by atoms with Gasteiger partial charge < -0.3 is 14.8 Å². The lowest BCUT2D eigenvalue weighted by atomic mass is 9.98. The van der Waals surface area contributed by atoms with Crippen LogP contribution in [-0.4, -0.2) is 34.1 Å². The van der Waals surface area contributed by atoms with Crippen molar-refractivity contribution in [3.8, 4) is 11.5 Å². The van der Waals surface area contributed by atoms with Crippen LogP contribution in [0.1, 0.15) is 22.7 Å². The van der Waals surface area contributed by atoms with E-state index >= 15 is 0 Å². The number of carbonyl (C=O) groups is 1. The Bertz CT molecular complexity index is 1510. The summed E-state index contributed by atoms with van der Waals surface area (Å²) in [7, 11) is -4.07. The molecule has 194 valence electrons. The Morgan fingerprint density at radius 3 is 2.11 bits per heavy atom. The Labute approximate surface area is 222 Å². The van der Waals surface area contributed by atoms with Gasteiger partial charge in [-0.1, -0.05) is 78.4 Å². The number of nitrogens with zero attached hydrogens (tertiary/aromatic N) is 1. The van der Waals surface area contributed by atoms with E-state index in [1.54, 1.807) is 36.4 Å². The fraction of sp³-hybridized carbons (Fsp3) is 0.167. The quantitative estimate of drug-likeness (QED) is 0.353. The smallest absolute Gasteiger partial charge is 0.264 e. The van der Waals surface area contributed by atoms with Crippen LogP contribution in [0, 0.1) is 6.92 Å². The van der Waals surface area contributed by atoms with Gasteiger partial charge in [-0.25, -0.2) is 8.42 Å². The summed E-state index contributed by atoms with van der Waals surface area (Å²) in [6, 6.07) is 30.0. The second-order valence-electron chi connectivity index (χ2n) is 8.97. The summed E-state index contributed by atoms with van der Waals surface area (Å²) in [5.74, 6) is 0.517. The fourth-order valence-electron chi connectivity index (χ4n) is 4.32. The van der Waals surface area contributed by atoms with Crippen LogP contribution in [0.5, 0.6) is 11.5 Å². The normalized spacial score (nSPS) is 13.4. The van der Waals surface area contributed by atoms with E-state index in [0.717, 1.165) is 21.0 Å². The summed E-state index contributed by atoms with van der Waals surface area (Å²) in [6.07, 6.45) is 0. The maximum absolute atomic E-state index is 13.8. The maximum Gasteiger partial charge on any atom is 0.264 e. The molecule has 4 aromatic carbocycles. The second-order valence-corrected chi connectivity index (χ2v) is 10.8. The highest BCUT2D eigenvalue weighted by atomic mass is 32.2. The number of amides is 1. The predicted molar refractivity (Wildman–Crippen MR) is 146 cm³/mol. The number of anilines is 1. The molecule has 1 aliphatic rings. The van der Waals surface area contributed by atoms with Crippen molar-refractivity contribution in [2.75, 3.05) is 24.1 Å². The number of carbonyl (C=O) groups excluding carboxylic acids is 1. The van der Waals surface area contributed by atoms with E-state index in [2.05, 4.69) is 5.32 Å². The van der Waals surface area contributed by atoms with Crippen LogP contribution in [0.25, 0.3) is 0 Å². The van der Waals surface area contributed by atoms with E-state index in [1.807, 2.05) is 61.5 Å². The van der Waals surface area contributed by atoms with E-state index in [9.17, 15) is 13.2 Å². The van der Waals surface area contributed by atoms with Gasteiger partial charge in [0.2, 0.25) is 5.91 Å². The zero-order chi connectivity index (χ0) is 26.5. The number of rotatable bonds is 8. The van der Waals surface area contributed by atoms with Crippen molar-refractivity contribution in [3.63, 3.8) is 0 Å². The van der Waals surface area contributed by atoms with Crippen LogP contribution in [0.2, 0.25) is 0 Å². The highest BCUT2D eigenvalue weighted by Crippen LogP contribution is 2.36. The third-order valence-electron chi connectivity index (χ3n) is 6.28. The molecule has 1 amide bonds. The fourth-order valence-corrected chi connectivity index (χ4v) is 5.76. The lowest BCUT2D eigenvalue weighted by molar-refractivity contribution is -0.120. The number of fused-ring (bicyclic) bond motifs is 1. The topological polar surface area (TPSA) is 84.9 Å². The first-order chi connectivity index (χ1) is 18.4. The lowest BCUT2D eigenvalue weighted by Crippen LogP contribution is -2.42. The molecule has 0 saturated heterocycles. The van der Waals surface area contributed by atoms with E-state index in [4.69, 9.17) is 9.47 Å². The highest BCUT2D eigenvalue weighted by Gasteiger charge is 2.29. The molecule has 1 aliphatic heterocycles. The molecule has 0 spiro atoms. The SMILES string of the molecule is Cc1ccc([C@H](NC(=O)CN(c2ccc3c(c2)OCCO3)S(=O)(=O)c2ccccc2)c2ccccc2)cc1. The van der Waals surface area contributed by atoms with Gasteiger partial charge in [0.15, 0.2) is 11.5 Å². The summed E-state index contributed by atoms with van der Waals surface area (Å²) in [5.41, 5.74) is 3.19. The first-order valence-electron chi connectivity index (χ1n) is 12.3. The van der Waals surface area contributed by atoms with E-state index in [0.29, 0.717) is 30.4 Å². The first-order valence-corrected chi connectivity index (χ1v) is 13.7. The monoisotopic (exact) mass is 528 g/mol. The van der Waals surface area contributed by atoms with Crippen molar-refractivity contribution >= 4 is 21.6 Å². The Morgan fingerprint density at radius 1 is 0.816 bits per heavy atom. The van der Waals surface area contributed by atoms with Crippen LogP contribution < -0.4 is 19.1 Å². The number of nitrogens with one attached hydrogen (secondary N) is 1. The van der Waals surface area contributed by atoms with Crippen LogP contribution in [0.3, 0.4) is 0 Å². The molecule has 0 saturated carbocycles. The predicted octanol–water partition coefficient (Wildman–Crippen LogP) is 4.87. The van der Waals surface area contributed by atoms with Crippen molar-refractivity contribution in [2.24, 2.45) is 0 Å². The van der Waals surface area contributed by atoms with Crippen LogP contribution in [-0.2, 0) is 14.8 Å².